The molecule has 0 aromatic heterocycles. The fourth-order valence-electron chi connectivity index (χ4n) is 3.73. The van der Waals surface area contributed by atoms with E-state index in [1.54, 1.807) is 6.07 Å². The maximum atomic E-state index is 13.3. The molecule has 7 heteroatoms. The van der Waals surface area contributed by atoms with Gasteiger partial charge in [0.25, 0.3) is 0 Å². The van der Waals surface area contributed by atoms with Crippen molar-refractivity contribution in [3.05, 3.63) is 42.5 Å². The molecular weight excluding hydrogens is 376 g/mol. The maximum absolute atomic E-state index is 13.3. The number of nitrogens with one attached hydrogen (secondary N) is 1. The molecule has 0 saturated carbocycles. The number of methoxy groups -OCH3 is 1. The molecule has 2 N–H and O–H groups in total. The minimum absolute atomic E-state index is 0.0569. The highest BCUT2D eigenvalue weighted by Gasteiger charge is 2.41. The van der Waals surface area contributed by atoms with Crippen molar-refractivity contribution in [3.63, 3.8) is 0 Å². The number of unbranched alkanes of at least 4 members (excludes halogenated alkanes) is 1. The number of aromatic hydroxyl groups is 1. The number of hydrogen-bond donors (Lipinski definition) is 2. The number of fused-ring (bicyclic) bond motifs is 1. The summed E-state index contributed by atoms with van der Waals surface area (Å²) in [6, 6.07) is 12.6. The fraction of sp³-hybridized carbons (Fsp3) is 0.429. The monoisotopic (exact) mass is 404 g/mol. The molecule has 1 unspecified atom stereocenters. The maximum Gasteiger partial charge on any atom is 0.243 e. The third kappa shape index (κ3) is 3.82. The Morgan fingerprint density at radius 2 is 1.93 bits per heavy atom. The van der Waals surface area contributed by atoms with Gasteiger partial charge in [0.2, 0.25) is 10.0 Å². The lowest BCUT2D eigenvalue weighted by molar-refractivity contribution is 0.341. The first-order valence-electron chi connectivity index (χ1n) is 9.63. The van der Waals surface area contributed by atoms with Crippen LogP contribution >= 0.6 is 0 Å². The smallest absolute Gasteiger partial charge is 0.243 e. The summed E-state index contributed by atoms with van der Waals surface area (Å²) in [5.74, 6) is 0.0460. The van der Waals surface area contributed by atoms with Gasteiger partial charge in [0.15, 0.2) is 11.5 Å². The van der Waals surface area contributed by atoms with E-state index in [1.165, 1.54) is 13.2 Å². The van der Waals surface area contributed by atoms with E-state index in [1.807, 2.05) is 42.2 Å². The molecule has 2 aromatic carbocycles. The van der Waals surface area contributed by atoms with Gasteiger partial charge < -0.3 is 14.7 Å². The van der Waals surface area contributed by atoms with E-state index in [2.05, 4.69) is 11.6 Å². The van der Waals surface area contributed by atoms with Crippen LogP contribution in [0.15, 0.2) is 47.4 Å². The van der Waals surface area contributed by atoms with Crippen LogP contribution in [0.3, 0.4) is 0 Å². The number of rotatable bonds is 6. The van der Waals surface area contributed by atoms with Gasteiger partial charge in [-0.3, -0.25) is 0 Å². The largest absolute Gasteiger partial charge is 0.504 e. The number of phenols is 1. The number of hydrogen-bond acceptors (Lipinski definition) is 5. The highest BCUT2D eigenvalue weighted by molar-refractivity contribution is 7.89. The molecule has 28 heavy (non-hydrogen) atoms. The fourth-order valence-corrected chi connectivity index (χ4v) is 5.43. The Hall–Kier alpha value is -2.25. The normalized spacial score (nSPS) is 21.0. The van der Waals surface area contributed by atoms with Crippen molar-refractivity contribution in [2.24, 2.45) is 0 Å². The predicted molar refractivity (Wildman–Crippen MR) is 111 cm³/mol. The molecule has 1 aliphatic heterocycles. The van der Waals surface area contributed by atoms with Gasteiger partial charge in [-0.25, -0.2) is 13.1 Å². The molecule has 0 fully saturated rings. The number of benzene rings is 2. The van der Waals surface area contributed by atoms with Crippen molar-refractivity contribution in [1.29, 1.82) is 0 Å². The molecule has 0 spiro atoms. The predicted octanol–water partition coefficient (Wildman–Crippen LogP) is 4.17. The number of para-hydroxylation sites is 1. The Morgan fingerprint density at radius 1 is 1.21 bits per heavy atom. The van der Waals surface area contributed by atoms with E-state index in [0.717, 1.165) is 24.9 Å². The average Bonchev–Trinajstić information content (AvgIpc) is 2.79. The van der Waals surface area contributed by atoms with Gasteiger partial charge in [0.05, 0.1) is 18.3 Å². The number of anilines is 2. The molecule has 0 bridgehead atoms. The van der Waals surface area contributed by atoms with Crippen LogP contribution in [0, 0.1) is 0 Å². The van der Waals surface area contributed by atoms with Crippen molar-refractivity contribution in [2.45, 2.75) is 50.0 Å². The van der Waals surface area contributed by atoms with Crippen LogP contribution in [0.5, 0.6) is 11.5 Å². The second-order valence-corrected chi connectivity index (χ2v) is 8.91. The summed E-state index contributed by atoms with van der Waals surface area (Å²) in [7, 11) is -2.37. The number of ether oxygens (including phenoxy) is 1. The standard InChI is InChI=1S/C21H28N2O4S/c1-4-6-12-21(5-2)15-23(16-10-8-7-9-11-16)17-13-19(27-3)18(24)14-20(17)28(25,26)22-21/h7-11,13-14,22,24H,4-6,12,15H2,1-3H3. The molecule has 1 aliphatic rings. The molecule has 6 nitrogen and oxygen atoms in total. The van der Waals surface area contributed by atoms with Crippen LogP contribution in [-0.2, 0) is 10.0 Å². The first-order chi connectivity index (χ1) is 13.4. The number of sulfonamides is 1. The Morgan fingerprint density at radius 3 is 2.54 bits per heavy atom. The number of phenolic OH excluding ortho intramolecular Hbond substituents is 1. The van der Waals surface area contributed by atoms with E-state index in [4.69, 9.17) is 4.74 Å². The highest BCUT2D eigenvalue weighted by Crippen LogP contribution is 2.43. The lowest BCUT2D eigenvalue weighted by Crippen LogP contribution is -2.52. The summed E-state index contributed by atoms with van der Waals surface area (Å²) in [5, 5.41) is 10.2. The Labute approximate surface area is 167 Å². The van der Waals surface area contributed by atoms with Crippen LogP contribution < -0.4 is 14.4 Å². The van der Waals surface area contributed by atoms with E-state index in [9.17, 15) is 13.5 Å². The SMILES string of the molecule is CCCCC1(CC)CN(c2ccccc2)c2cc(OC)c(O)cc2S(=O)(=O)N1. The van der Waals surface area contributed by atoms with E-state index in [0.29, 0.717) is 18.7 Å². The van der Waals surface area contributed by atoms with Crippen molar-refractivity contribution in [1.82, 2.24) is 4.72 Å². The topological polar surface area (TPSA) is 78.9 Å². The quantitative estimate of drug-likeness (QED) is 0.755. The highest BCUT2D eigenvalue weighted by atomic mass is 32.2. The molecule has 3 rings (SSSR count). The molecule has 0 amide bonds. The van der Waals surface area contributed by atoms with Gasteiger partial charge >= 0.3 is 0 Å². The van der Waals surface area contributed by atoms with Gasteiger partial charge in [-0.05, 0) is 25.0 Å². The van der Waals surface area contributed by atoms with Crippen LogP contribution in [0.25, 0.3) is 0 Å². The van der Waals surface area contributed by atoms with E-state index >= 15 is 0 Å². The lowest BCUT2D eigenvalue weighted by Gasteiger charge is -2.36. The molecule has 1 heterocycles. The van der Waals surface area contributed by atoms with Crippen molar-refractivity contribution in [3.8, 4) is 11.5 Å². The zero-order chi connectivity index (χ0) is 20.4. The summed E-state index contributed by atoms with van der Waals surface area (Å²) in [5.41, 5.74) is 0.789. The van der Waals surface area contributed by atoms with E-state index in [-0.39, 0.29) is 16.4 Å². The number of nitrogens with zero attached hydrogens (tertiary/aromatic N) is 1. The third-order valence-corrected chi connectivity index (χ3v) is 7.01. The summed E-state index contributed by atoms with van der Waals surface area (Å²) in [6.45, 7) is 4.60. The molecule has 1 atom stereocenters. The second-order valence-electron chi connectivity index (χ2n) is 7.26. The van der Waals surface area contributed by atoms with Gasteiger partial charge in [-0.2, -0.15) is 0 Å². The average molecular weight is 405 g/mol. The lowest BCUT2D eigenvalue weighted by atomic mass is 9.89. The molecule has 0 radical (unpaired) electrons. The van der Waals surface area contributed by atoms with Crippen molar-refractivity contribution >= 4 is 21.4 Å². The van der Waals surface area contributed by atoms with Crippen molar-refractivity contribution < 1.29 is 18.3 Å². The minimum atomic E-state index is -3.82. The van der Waals surface area contributed by atoms with Crippen molar-refractivity contribution in [2.75, 3.05) is 18.6 Å². The van der Waals surface area contributed by atoms with Gasteiger partial charge in [0, 0.05) is 24.4 Å². The third-order valence-electron chi connectivity index (χ3n) is 5.41. The van der Waals surface area contributed by atoms with Gasteiger partial charge in [0.1, 0.15) is 4.90 Å². The van der Waals surface area contributed by atoms with Crippen LogP contribution in [0.2, 0.25) is 0 Å². The van der Waals surface area contributed by atoms with Crippen LogP contribution in [-0.4, -0.2) is 32.7 Å². The van der Waals surface area contributed by atoms with E-state index < -0.39 is 15.6 Å². The van der Waals surface area contributed by atoms with Gasteiger partial charge in [-0.1, -0.05) is 44.9 Å². The van der Waals surface area contributed by atoms with Crippen LogP contribution in [0.4, 0.5) is 11.4 Å². The summed E-state index contributed by atoms with van der Waals surface area (Å²) in [4.78, 5) is 2.06. The summed E-state index contributed by atoms with van der Waals surface area (Å²) in [6.07, 6.45) is 3.30. The van der Waals surface area contributed by atoms with Crippen LogP contribution in [0.1, 0.15) is 39.5 Å². The Kier molecular flexibility index (Phi) is 5.86. The summed E-state index contributed by atoms with van der Waals surface area (Å²) < 4.78 is 34.7. The Bertz CT molecular complexity index is 931. The molecule has 152 valence electrons. The van der Waals surface area contributed by atoms with Gasteiger partial charge in [-0.15, -0.1) is 0 Å². The Balaban J connectivity index is 2.25. The molecule has 0 saturated heterocycles. The first kappa shape index (κ1) is 20.5. The molecule has 2 aromatic rings. The molecular formula is C21H28N2O4S. The summed E-state index contributed by atoms with van der Waals surface area (Å²) >= 11 is 0. The zero-order valence-corrected chi connectivity index (χ0v) is 17.4. The first-order valence-corrected chi connectivity index (χ1v) is 11.1. The second kappa shape index (κ2) is 8.01. The minimum Gasteiger partial charge on any atom is -0.504 e. The zero-order valence-electron chi connectivity index (χ0n) is 16.6. The molecule has 0 aliphatic carbocycles.